The molecule has 7 nitrogen and oxygen atoms in total. The molecule has 0 aliphatic carbocycles. The zero-order valence-electron chi connectivity index (χ0n) is 15.7. The van der Waals surface area contributed by atoms with Crippen molar-refractivity contribution < 1.29 is 27.5 Å². The molecule has 0 fully saturated rings. The topological polar surface area (TPSA) is 90.3 Å². The van der Waals surface area contributed by atoms with Crippen molar-refractivity contribution in [3.05, 3.63) is 70.1 Å². The zero-order valence-corrected chi connectivity index (χ0v) is 15.7. The summed E-state index contributed by atoms with van der Waals surface area (Å²) < 4.78 is 45.2. The summed E-state index contributed by atoms with van der Waals surface area (Å²) in [5.74, 6) is -1.33. The fourth-order valence-electron chi connectivity index (χ4n) is 2.82. The third-order valence-corrected chi connectivity index (χ3v) is 4.08. The van der Waals surface area contributed by atoms with Gasteiger partial charge in [-0.3, -0.25) is 14.2 Å². The number of halogens is 3. The number of amides is 1. The van der Waals surface area contributed by atoms with Gasteiger partial charge >= 0.3 is 12.1 Å². The first-order valence-electron chi connectivity index (χ1n) is 8.84. The molecule has 0 radical (unpaired) electrons. The minimum absolute atomic E-state index is 0.0680. The summed E-state index contributed by atoms with van der Waals surface area (Å²) in [5, 5.41) is 2.47. The molecule has 1 heterocycles. The van der Waals surface area contributed by atoms with E-state index < -0.39 is 35.9 Å². The van der Waals surface area contributed by atoms with Gasteiger partial charge in [-0.1, -0.05) is 18.2 Å². The van der Waals surface area contributed by atoms with Crippen molar-refractivity contribution >= 4 is 28.6 Å². The van der Waals surface area contributed by atoms with Crippen LogP contribution in [0, 0.1) is 0 Å². The van der Waals surface area contributed by atoms with Crippen LogP contribution in [0.2, 0.25) is 0 Å². The minimum Gasteiger partial charge on any atom is -0.462 e. The summed E-state index contributed by atoms with van der Waals surface area (Å²) in [4.78, 5) is 40.0. The van der Waals surface area contributed by atoms with Gasteiger partial charge in [0.15, 0.2) is 0 Å². The van der Waals surface area contributed by atoms with Crippen LogP contribution in [0.4, 0.5) is 18.9 Å². The van der Waals surface area contributed by atoms with E-state index >= 15 is 0 Å². The molecule has 0 saturated heterocycles. The van der Waals surface area contributed by atoms with Crippen molar-refractivity contribution in [2.24, 2.45) is 0 Å². The fourth-order valence-corrected chi connectivity index (χ4v) is 2.82. The average Bonchev–Trinajstić information content (AvgIpc) is 2.69. The van der Waals surface area contributed by atoms with Crippen LogP contribution in [-0.2, 0) is 22.3 Å². The second kappa shape index (κ2) is 8.36. The van der Waals surface area contributed by atoms with E-state index in [-0.39, 0.29) is 28.9 Å². The number of esters is 1. The van der Waals surface area contributed by atoms with Gasteiger partial charge in [0.1, 0.15) is 6.54 Å². The highest BCUT2D eigenvalue weighted by Gasteiger charge is 2.37. The monoisotopic (exact) mass is 419 g/mol. The molecule has 0 unspecified atom stereocenters. The molecule has 10 heteroatoms. The molecular weight excluding hydrogens is 403 g/mol. The average molecular weight is 419 g/mol. The maximum Gasteiger partial charge on any atom is 0.438 e. The highest BCUT2D eigenvalue weighted by Crippen LogP contribution is 2.26. The summed E-state index contributed by atoms with van der Waals surface area (Å²) in [7, 11) is 0. The van der Waals surface area contributed by atoms with E-state index in [1.807, 2.05) is 0 Å². The number of carbonyl (C=O) groups is 2. The molecule has 0 aliphatic rings. The lowest BCUT2D eigenvalue weighted by atomic mass is 10.2. The second-order valence-electron chi connectivity index (χ2n) is 6.19. The third-order valence-electron chi connectivity index (χ3n) is 4.08. The number of fused-ring (bicyclic) bond motifs is 1. The van der Waals surface area contributed by atoms with Crippen LogP contribution in [0.5, 0.6) is 0 Å². The van der Waals surface area contributed by atoms with E-state index in [9.17, 15) is 27.6 Å². The molecule has 0 saturated carbocycles. The second-order valence-corrected chi connectivity index (χ2v) is 6.19. The van der Waals surface area contributed by atoms with Crippen LogP contribution in [0.15, 0.2) is 53.3 Å². The molecule has 0 spiro atoms. The summed E-state index contributed by atoms with van der Waals surface area (Å²) in [6.45, 7) is 1.15. The van der Waals surface area contributed by atoms with Gasteiger partial charge in [0.05, 0.1) is 23.2 Å². The predicted molar refractivity (Wildman–Crippen MR) is 102 cm³/mol. The Balaban J connectivity index is 1.92. The molecule has 0 aliphatic heterocycles. The maximum atomic E-state index is 13.2. The Labute approximate surface area is 168 Å². The van der Waals surface area contributed by atoms with E-state index in [0.29, 0.717) is 0 Å². The molecule has 3 aromatic rings. The van der Waals surface area contributed by atoms with Crippen LogP contribution in [-0.4, -0.2) is 28.0 Å². The van der Waals surface area contributed by atoms with Crippen LogP contribution >= 0.6 is 0 Å². The third kappa shape index (κ3) is 4.48. The highest BCUT2D eigenvalue weighted by atomic mass is 19.4. The van der Waals surface area contributed by atoms with Crippen molar-refractivity contribution in [1.29, 1.82) is 0 Å². The standard InChI is InChI=1S/C20H16F3N3O4/c1-2-30-19(29)12-6-5-7-13(10-12)24-16(27)11-26-15-9-4-3-8-14(15)25-17(18(26)28)20(21,22)23/h3-10H,2,11H2,1H3,(H,24,27). The molecule has 0 atom stereocenters. The number of carbonyl (C=O) groups excluding carboxylic acids is 2. The van der Waals surface area contributed by atoms with Crippen molar-refractivity contribution in [3.8, 4) is 0 Å². The first kappa shape index (κ1) is 21.0. The van der Waals surface area contributed by atoms with E-state index in [0.717, 1.165) is 4.57 Å². The quantitative estimate of drug-likeness (QED) is 0.642. The van der Waals surface area contributed by atoms with Gasteiger partial charge in [-0.15, -0.1) is 0 Å². The predicted octanol–water partition coefficient (Wildman–Crippen LogP) is 3.23. The number of ether oxygens (including phenoxy) is 1. The Kier molecular flexibility index (Phi) is 5.86. The van der Waals surface area contributed by atoms with E-state index in [2.05, 4.69) is 10.3 Å². The number of nitrogens with zero attached hydrogens (tertiary/aromatic N) is 2. The van der Waals surface area contributed by atoms with Crippen molar-refractivity contribution in [1.82, 2.24) is 9.55 Å². The molecule has 1 aromatic heterocycles. The summed E-state index contributed by atoms with van der Waals surface area (Å²) >= 11 is 0. The molecular formula is C20H16F3N3O4. The Bertz CT molecular complexity index is 1170. The van der Waals surface area contributed by atoms with Gasteiger partial charge < -0.3 is 10.1 Å². The largest absolute Gasteiger partial charge is 0.462 e. The van der Waals surface area contributed by atoms with Gasteiger partial charge in [-0.05, 0) is 37.3 Å². The van der Waals surface area contributed by atoms with Gasteiger partial charge in [0.25, 0.3) is 5.56 Å². The number of nitrogens with one attached hydrogen (secondary N) is 1. The number of rotatable bonds is 5. The number of aromatic nitrogens is 2. The van der Waals surface area contributed by atoms with Crippen LogP contribution in [0.25, 0.3) is 11.0 Å². The normalized spacial score (nSPS) is 11.3. The molecule has 3 rings (SSSR count). The first-order chi connectivity index (χ1) is 14.2. The maximum absolute atomic E-state index is 13.2. The van der Waals surface area contributed by atoms with E-state index in [1.165, 1.54) is 48.5 Å². The Morgan fingerprint density at radius 2 is 1.87 bits per heavy atom. The number of hydrogen-bond donors (Lipinski definition) is 1. The number of hydrogen-bond acceptors (Lipinski definition) is 5. The van der Waals surface area contributed by atoms with Crippen molar-refractivity contribution in [2.75, 3.05) is 11.9 Å². The molecule has 1 N–H and O–H groups in total. The van der Waals surface area contributed by atoms with Gasteiger partial charge in [-0.25, -0.2) is 9.78 Å². The zero-order chi connectivity index (χ0) is 21.9. The molecule has 1 amide bonds. The van der Waals surface area contributed by atoms with E-state index in [1.54, 1.807) is 6.92 Å². The van der Waals surface area contributed by atoms with E-state index in [4.69, 9.17) is 4.74 Å². The smallest absolute Gasteiger partial charge is 0.438 e. The SMILES string of the molecule is CCOC(=O)c1cccc(NC(=O)Cn2c(=O)c(C(F)(F)F)nc3ccccc32)c1. The number of para-hydroxylation sites is 2. The number of alkyl halides is 3. The molecule has 156 valence electrons. The Morgan fingerprint density at radius 3 is 2.57 bits per heavy atom. The molecule has 0 bridgehead atoms. The Hall–Kier alpha value is -3.69. The lowest BCUT2D eigenvalue weighted by Gasteiger charge is -2.14. The van der Waals surface area contributed by atoms with Crippen molar-refractivity contribution in [2.45, 2.75) is 19.6 Å². The van der Waals surface area contributed by atoms with Crippen LogP contribution in [0.3, 0.4) is 0 Å². The van der Waals surface area contributed by atoms with Gasteiger partial charge in [-0.2, -0.15) is 13.2 Å². The van der Waals surface area contributed by atoms with Crippen LogP contribution in [0.1, 0.15) is 23.0 Å². The van der Waals surface area contributed by atoms with Crippen LogP contribution < -0.4 is 10.9 Å². The highest BCUT2D eigenvalue weighted by molar-refractivity contribution is 5.95. The first-order valence-corrected chi connectivity index (χ1v) is 8.84. The lowest BCUT2D eigenvalue weighted by molar-refractivity contribution is -0.142. The van der Waals surface area contributed by atoms with Gasteiger partial charge in [0.2, 0.25) is 11.6 Å². The minimum atomic E-state index is -4.96. The summed E-state index contributed by atoms with van der Waals surface area (Å²) in [6.07, 6.45) is -4.96. The van der Waals surface area contributed by atoms with Gasteiger partial charge in [0, 0.05) is 5.69 Å². The Morgan fingerprint density at radius 1 is 1.13 bits per heavy atom. The number of benzene rings is 2. The van der Waals surface area contributed by atoms with Crippen molar-refractivity contribution in [3.63, 3.8) is 0 Å². The summed E-state index contributed by atoms with van der Waals surface area (Å²) in [5.41, 5.74) is -2.57. The molecule has 30 heavy (non-hydrogen) atoms. The summed E-state index contributed by atoms with van der Waals surface area (Å²) in [6, 6.07) is 11.6. The lowest BCUT2D eigenvalue weighted by Crippen LogP contribution is -2.34. The fraction of sp³-hybridized carbons (Fsp3) is 0.200. The number of anilines is 1. The molecule has 2 aromatic carbocycles.